The van der Waals surface area contributed by atoms with Crippen molar-refractivity contribution in [1.82, 2.24) is 0 Å². The van der Waals surface area contributed by atoms with Gasteiger partial charge in [0.05, 0.1) is 35.8 Å². The van der Waals surface area contributed by atoms with Gasteiger partial charge >= 0.3 is 11.9 Å². The number of imide groups is 1. The Labute approximate surface area is 252 Å². The van der Waals surface area contributed by atoms with Gasteiger partial charge in [-0.2, -0.15) is 0 Å². The molecule has 9 heteroatoms. The zero-order chi connectivity index (χ0) is 30.5. The molecule has 0 unspecified atom stereocenters. The maximum atomic E-state index is 14.0. The molecule has 1 saturated heterocycles. The number of esters is 2. The van der Waals surface area contributed by atoms with E-state index in [1.165, 1.54) is 48.4 Å². The molecule has 2 bridgehead atoms. The molecule has 4 aromatic rings. The Bertz CT molecular complexity index is 1750. The van der Waals surface area contributed by atoms with Crippen molar-refractivity contribution in [3.05, 3.63) is 130 Å². The largest absolute Gasteiger partial charge is 0.465 e. The van der Waals surface area contributed by atoms with Gasteiger partial charge in [0, 0.05) is 17.5 Å². The highest BCUT2D eigenvalue weighted by Gasteiger charge is 2.61. The Morgan fingerprint density at radius 2 is 1.23 bits per heavy atom. The van der Waals surface area contributed by atoms with Crippen LogP contribution in [0.15, 0.2) is 97.1 Å². The third-order valence-corrected chi connectivity index (χ3v) is 8.71. The summed E-state index contributed by atoms with van der Waals surface area (Å²) in [6.07, 6.45) is 0. The Morgan fingerprint density at radius 3 is 1.75 bits per heavy atom. The molecule has 0 saturated carbocycles. The molecule has 2 atom stereocenters. The zero-order valence-electron chi connectivity index (χ0n) is 23.6. The first kappa shape index (κ1) is 27.3. The molecule has 4 aliphatic rings. The van der Waals surface area contributed by atoms with Crippen molar-refractivity contribution in [2.24, 2.45) is 11.8 Å². The van der Waals surface area contributed by atoms with Crippen LogP contribution in [0.25, 0.3) is 0 Å². The minimum absolute atomic E-state index is 0.0998. The molecule has 9 nitrogen and oxygen atoms in total. The van der Waals surface area contributed by atoms with Crippen LogP contribution in [0.1, 0.15) is 54.8 Å². The first-order chi connectivity index (χ1) is 21.4. The second-order valence-electron chi connectivity index (χ2n) is 11.0. The summed E-state index contributed by atoms with van der Waals surface area (Å²) >= 11 is 0. The van der Waals surface area contributed by atoms with Crippen molar-refractivity contribution in [2.45, 2.75) is 11.8 Å². The molecule has 3 amide bonds. The molecule has 218 valence electrons. The van der Waals surface area contributed by atoms with Crippen molar-refractivity contribution >= 4 is 41.0 Å². The first-order valence-corrected chi connectivity index (χ1v) is 14.2. The average Bonchev–Trinajstić information content (AvgIpc) is 3.33. The van der Waals surface area contributed by atoms with Gasteiger partial charge in [-0.1, -0.05) is 54.6 Å². The number of ether oxygens (including phenoxy) is 2. The molecule has 3 aliphatic carbocycles. The van der Waals surface area contributed by atoms with Crippen LogP contribution in [-0.4, -0.2) is 43.4 Å². The summed E-state index contributed by atoms with van der Waals surface area (Å²) in [4.78, 5) is 66.1. The van der Waals surface area contributed by atoms with Crippen LogP contribution in [0.5, 0.6) is 0 Å². The van der Waals surface area contributed by atoms with Gasteiger partial charge in [-0.25, -0.2) is 14.5 Å². The number of benzene rings is 4. The lowest BCUT2D eigenvalue weighted by Crippen LogP contribution is -2.41. The summed E-state index contributed by atoms with van der Waals surface area (Å²) in [5, 5.41) is 2.59. The number of amides is 3. The number of nitrogens with one attached hydrogen (secondary N) is 1. The van der Waals surface area contributed by atoms with Crippen LogP contribution < -0.4 is 10.2 Å². The number of hydrogen-bond acceptors (Lipinski definition) is 7. The van der Waals surface area contributed by atoms with Gasteiger partial charge in [0.15, 0.2) is 6.61 Å². The van der Waals surface area contributed by atoms with E-state index in [4.69, 9.17) is 4.74 Å². The number of methoxy groups -OCH3 is 1. The SMILES string of the molecule is COC(=O)c1ccc(NC(=O)COC(=O)c2cccc(N3C(=O)[C@@H]4C5c6ccccc6C(c6ccccc65)[C@H]4C3=O)c2)cc1. The Morgan fingerprint density at radius 1 is 0.682 bits per heavy atom. The highest BCUT2D eigenvalue weighted by atomic mass is 16.5. The van der Waals surface area contributed by atoms with Crippen molar-refractivity contribution in [2.75, 3.05) is 23.9 Å². The van der Waals surface area contributed by atoms with Gasteiger partial charge in [-0.3, -0.25) is 14.4 Å². The monoisotopic (exact) mass is 586 g/mol. The van der Waals surface area contributed by atoms with E-state index in [1.54, 1.807) is 12.1 Å². The highest BCUT2D eigenvalue weighted by Crippen LogP contribution is 2.61. The number of carbonyl (C=O) groups is 5. The number of rotatable bonds is 6. The molecule has 4 aromatic carbocycles. The minimum Gasteiger partial charge on any atom is -0.465 e. The minimum atomic E-state index is -0.778. The van der Waals surface area contributed by atoms with Crippen LogP contribution in [0.2, 0.25) is 0 Å². The van der Waals surface area contributed by atoms with Crippen LogP contribution in [-0.2, 0) is 23.9 Å². The van der Waals surface area contributed by atoms with Crippen molar-refractivity contribution in [1.29, 1.82) is 0 Å². The number of hydrogen-bond donors (Lipinski definition) is 1. The van der Waals surface area contributed by atoms with E-state index in [9.17, 15) is 24.0 Å². The van der Waals surface area contributed by atoms with Crippen LogP contribution in [0.3, 0.4) is 0 Å². The average molecular weight is 587 g/mol. The van der Waals surface area contributed by atoms with Crippen molar-refractivity contribution in [3.8, 4) is 0 Å². The van der Waals surface area contributed by atoms with E-state index in [0.717, 1.165) is 22.3 Å². The molecule has 1 fully saturated rings. The maximum Gasteiger partial charge on any atom is 0.338 e. The van der Waals surface area contributed by atoms with Gasteiger partial charge in [0.1, 0.15) is 0 Å². The van der Waals surface area contributed by atoms with E-state index in [-0.39, 0.29) is 34.9 Å². The van der Waals surface area contributed by atoms with Gasteiger partial charge in [-0.05, 0) is 64.7 Å². The fraction of sp³-hybridized carbons (Fsp3) is 0.171. The smallest absolute Gasteiger partial charge is 0.338 e. The summed E-state index contributed by atoms with van der Waals surface area (Å²) in [5.41, 5.74) is 5.44. The summed E-state index contributed by atoms with van der Waals surface area (Å²) in [6, 6.07) is 28.2. The number of anilines is 2. The third kappa shape index (κ3) is 4.27. The summed E-state index contributed by atoms with van der Waals surface area (Å²) in [6.45, 7) is -0.562. The van der Waals surface area contributed by atoms with Crippen LogP contribution in [0, 0.1) is 11.8 Å². The van der Waals surface area contributed by atoms with Crippen molar-refractivity contribution in [3.63, 3.8) is 0 Å². The summed E-state index contributed by atoms with van der Waals surface area (Å²) in [7, 11) is 1.27. The number of nitrogens with zero attached hydrogens (tertiary/aromatic N) is 1. The van der Waals surface area contributed by atoms with Crippen molar-refractivity contribution < 1.29 is 33.4 Å². The topological polar surface area (TPSA) is 119 Å². The Balaban J connectivity index is 1.08. The molecular weight excluding hydrogens is 560 g/mol. The fourth-order valence-electron chi connectivity index (χ4n) is 6.92. The quantitative estimate of drug-likeness (QED) is 0.258. The molecule has 44 heavy (non-hydrogen) atoms. The predicted molar refractivity (Wildman–Crippen MR) is 159 cm³/mol. The molecule has 0 spiro atoms. The van der Waals surface area contributed by atoms with Gasteiger partial charge in [0.25, 0.3) is 5.91 Å². The van der Waals surface area contributed by atoms with E-state index in [1.807, 2.05) is 48.5 Å². The fourth-order valence-corrected chi connectivity index (χ4v) is 6.92. The van der Waals surface area contributed by atoms with Gasteiger partial charge in [0.2, 0.25) is 11.8 Å². The Kier molecular flexibility index (Phi) is 6.58. The molecule has 0 radical (unpaired) electrons. The van der Waals surface area contributed by atoms with E-state index >= 15 is 0 Å². The predicted octanol–water partition coefficient (Wildman–Crippen LogP) is 4.67. The van der Waals surface area contributed by atoms with E-state index in [0.29, 0.717) is 11.3 Å². The second kappa shape index (κ2) is 10.6. The summed E-state index contributed by atoms with van der Waals surface area (Å²) in [5.74, 6) is -3.99. The maximum absolute atomic E-state index is 14.0. The van der Waals surface area contributed by atoms with Gasteiger partial charge in [-0.15, -0.1) is 0 Å². The molecule has 8 rings (SSSR count). The lowest BCUT2D eigenvalue weighted by Gasteiger charge is -2.45. The molecule has 1 aliphatic heterocycles. The third-order valence-electron chi connectivity index (χ3n) is 8.71. The molecule has 1 heterocycles. The lowest BCUT2D eigenvalue weighted by molar-refractivity contribution is -0.122. The normalized spacial score (nSPS) is 20.8. The molecular formula is C35H26N2O7. The zero-order valence-corrected chi connectivity index (χ0v) is 23.6. The van der Waals surface area contributed by atoms with E-state index in [2.05, 4.69) is 10.1 Å². The highest BCUT2D eigenvalue weighted by molar-refractivity contribution is 6.23. The van der Waals surface area contributed by atoms with Crippen LogP contribution >= 0.6 is 0 Å². The molecule has 0 aromatic heterocycles. The van der Waals surface area contributed by atoms with E-state index < -0.39 is 36.3 Å². The molecule has 1 N–H and O–H groups in total. The lowest BCUT2D eigenvalue weighted by atomic mass is 9.55. The standard InChI is InChI=1S/C35H26N2O7/c1-43-34(41)19-13-15-21(16-14-19)36-27(38)18-44-35(42)20-7-6-8-22(17-20)37-32(39)30-28-23-9-2-3-10-24(23)29(31(30)33(37)40)26-12-5-4-11-25(26)28/h2-17,28-31H,18H2,1H3,(H,36,38)/t28?,29?,30-,31-/m1/s1. The Hall–Kier alpha value is -5.57. The van der Waals surface area contributed by atoms with Crippen LogP contribution in [0.4, 0.5) is 11.4 Å². The number of carbonyl (C=O) groups excluding carboxylic acids is 5. The van der Waals surface area contributed by atoms with Gasteiger partial charge < -0.3 is 14.8 Å². The summed E-state index contributed by atoms with van der Waals surface area (Å²) < 4.78 is 9.88. The first-order valence-electron chi connectivity index (χ1n) is 14.2. The second-order valence-corrected chi connectivity index (χ2v) is 11.0.